The molecule has 68 valence electrons. The van der Waals surface area contributed by atoms with Crippen molar-refractivity contribution in [3.63, 3.8) is 0 Å². The normalized spacial score (nSPS) is 14.5. The highest BCUT2D eigenvalue weighted by atomic mass is 15.2. The highest BCUT2D eigenvalue weighted by molar-refractivity contribution is 4.65. The Bertz CT molecular complexity index is 93.3. The molecular weight excluding hydrogens is 138 g/mol. The van der Waals surface area contributed by atoms with Gasteiger partial charge in [-0.15, -0.1) is 0 Å². The number of rotatable bonds is 5. The van der Waals surface area contributed by atoms with Crippen LogP contribution in [0.2, 0.25) is 0 Å². The molecule has 0 amide bonds. The molecule has 3 heteroatoms. The monoisotopic (exact) mass is 159 g/mol. The lowest BCUT2D eigenvalue weighted by Gasteiger charge is -2.26. The van der Waals surface area contributed by atoms with Crippen molar-refractivity contribution in [3.05, 3.63) is 0 Å². The van der Waals surface area contributed by atoms with Crippen LogP contribution in [-0.4, -0.2) is 56.6 Å². The zero-order chi connectivity index (χ0) is 8.85. The van der Waals surface area contributed by atoms with Crippen LogP contribution in [0.4, 0.5) is 0 Å². The summed E-state index contributed by atoms with van der Waals surface area (Å²) in [6, 6.07) is 0.591. The molecule has 0 saturated carbocycles. The van der Waals surface area contributed by atoms with Crippen molar-refractivity contribution in [2.24, 2.45) is 5.73 Å². The smallest absolute Gasteiger partial charge is 0.0192 e. The summed E-state index contributed by atoms with van der Waals surface area (Å²) in [5, 5.41) is 0. The van der Waals surface area contributed by atoms with E-state index >= 15 is 0 Å². The Hall–Kier alpha value is -0.120. The molecule has 2 N–H and O–H groups in total. The Morgan fingerprint density at radius 1 is 1.27 bits per heavy atom. The largest absolute Gasteiger partial charge is 0.329 e. The summed E-state index contributed by atoms with van der Waals surface area (Å²) in [7, 11) is 6.29. The van der Waals surface area contributed by atoms with Crippen LogP contribution in [0.3, 0.4) is 0 Å². The van der Waals surface area contributed by atoms with Gasteiger partial charge in [0.2, 0.25) is 0 Å². The maximum atomic E-state index is 5.44. The van der Waals surface area contributed by atoms with Gasteiger partial charge < -0.3 is 15.5 Å². The van der Waals surface area contributed by atoms with E-state index < -0.39 is 0 Å². The zero-order valence-electron chi connectivity index (χ0n) is 8.17. The quantitative estimate of drug-likeness (QED) is 0.604. The van der Waals surface area contributed by atoms with Crippen LogP contribution in [0.1, 0.15) is 6.92 Å². The average Bonchev–Trinajstić information content (AvgIpc) is 1.86. The number of nitrogens with zero attached hydrogens (tertiary/aromatic N) is 2. The fourth-order valence-corrected chi connectivity index (χ4v) is 1.09. The van der Waals surface area contributed by atoms with Gasteiger partial charge in [0.25, 0.3) is 0 Å². The van der Waals surface area contributed by atoms with E-state index in [0.29, 0.717) is 6.04 Å². The lowest BCUT2D eigenvalue weighted by atomic mass is 10.3. The van der Waals surface area contributed by atoms with E-state index in [0.717, 1.165) is 19.6 Å². The minimum absolute atomic E-state index is 0.591. The average molecular weight is 159 g/mol. The first-order chi connectivity index (χ1) is 5.07. The molecule has 0 aromatic carbocycles. The molecule has 0 aliphatic rings. The lowest BCUT2D eigenvalue weighted by molar-refractivity contribution is 0.214. The highest BCUT2D eigenvalue weighted by Crippen LogP contribution is 1.94. The molecule has 0 fully saturated rings. The molecule has 11 heavy (non-hydrogen) atoms. The maximum absolute atomic E-state index is 5.44. The lowest BCUT2D eigenvalue weighted by Crippen LogP contribution is -2.39. The van der Waals surface area contributed by atoms with Gasteiger partial charge in [-0.1, -0.05) is 0 Å². The van der Waals surface area contributed by atoms with Gasteiger partial charge in [-0.25, -0.2) is 0 Å². The first-order valence-electron chi connectivity index (χ1n) is 4.13. The molecular formula is C8H21N3. The molecule has 1 atom stereocenters. The Morgan fingerprint density at radius 3 is 2.18 bits per heavy atom. The van der Waals surface area contributed by atoms with Gasteiger partial charge in [-0.2, -0.15) is 0 Å². The topological polar surface area (TPSA) is 32.5 Å². The van der Waals surface area contributed by atoms with Crippen LogP contribution >= 0.6 is 0 Å². The van der Waals surface area contributed by atoms with Crippen molar-refractivity contribution < 1.29 is 0 Å². The van der Waals surface area contributed by atoms with Gasteiger partial charge in [0, 0.05) is 25.7 Å². The van der Waals surface area contributed by atoms with Crippen molar-refractivity contribution in [3.8, 4) is 0 Å². The van der Waals surface area contributed by atoms with Gasteiger partial charge in [0.05, 0.1) is 0 Å². The van der Waals surface area contributed by atoms with Crippen molar-refractivity contribution >= 4 is 0 Å². The third-order valence-electron chi connectivity index (χ3n) is 1.86. The summed E-state index contributed by atoms with van der Waals surface area (Å²) in [5.74, 6) is 0. The minimum atomic E-state index is 0.591. The van der Waals surface area contributed by atoms with E-state index in [1.165, 1.54) is 0 Å². The Labute approximate surface area is 70.2 Å². The first-order valence-corrected chi connectivity index (χ1v) is 4.13. The molecule has 3 nitrogen and oxygen atoms in total. The number of hydrogen-bond acceptors (Lipinski definition) is 3. The summed E-state index contributed by atoms with van der Waals surface area (Å²) >= 11 is 0. The Morgan fingerprint density at radius 2 is 1.82 bits per heavy atom. The molecule has 0 heterocycles. The third kappa shape index (κ3) is 5.18. The summed E-state index contributed by atoms with van der Waals surface area (Å²) in [4.78, 5) is 4.47. The summed E-state index contributed by atoms with van der Waals surface area (Å²) < 4.78 is 0. The second kappa shape index (κ2) is 5.52. The van der Waals surface area contributed by atoms with Gasteiger partial charge >= 0.3 is 0 Å². The minimum Gasteiger partial charge on any atom is -0.329 e. The Balaban J connectivity index is 3.54. The van der Waals surface area contributed by atoms with E-state index in [9.17, 15) is 0 Å². The standard InChI is InChI=1S/C8H21N3/c1-8(7-10(2)3)11(4)6-5-9/h8H,5-7,9H2,1-4H3. The fourth-order valence-electron chi connectivity index (χ4n) is 1.09. The van der Waals surface area contributed by atoms with E-state index in [1.54, 1.807) is 0 Å². The Kier molecular flexibility index (Phi) is 5.46. The SMILES string of the molecule is CC(CN(C)C)N(C)CCN. The van der Waals surface area contributed by atoms with Gasteiger partial charge in [0.15, 0.2) is 0 Å². The van der Waals surface area contributed by atoms with E-state index in [2.05, 4.69) is 37.9 Å². The predicted octanol–water partition coefficient (Wildman–Crippen LogP) is -0.173. The molecule has 0 aromatic rings. The molecule has 0 spiro atoms. The van der Waals surface area contributed by atoms with Crippen LogP contribution < -0.4 is 5.73 Å². The van der Waals surface area contributed by atoms with Gasteiger partial charge in [-0.05, 0) is 28.1 Å². The molecule has 0 rings (SSSR count). The molecule has 0 saturated heterocycles. The third-order valence-corrected chi connectivity index (χ3v) is 1.86. The zero-order valence-corrected chi connectivity index (χ0v) is 8.17. The van der Waals surface area contributed by atoms with E-state index in [4.69, 9.17) is 5.73 Å². The van der Waals surface area contributed by atoms with Gasteiger partial charge in [-0.3, -0.25) is 0 Å². The second-order valence-electron chi connectivity index (χ2n) is 3.38. The molecule has 0 bridgehead atoms. The molecule has 0 aromatic heterocycles. The first kappa shape index (κ1) is 10.9. The van der Waals surface area contributed by atoms with Crippen LogP contribution in [0, 0.1) is 0 Å². The summed E-state index contributed by atoms with van der Waals surface area (Å²) in [6.07, 6.45) is 0. The summed E-state index contributed by atoms with van der Waals surface area (Å²) in [6.45, 7) is 5.04. The number of nitrogens with two attached hydrogens (primary N) is 1. The predicted molar refractivity (Wildman–Crippen MR) is 49.7 cm³/mol. The number of hydrogen-bond donors (Lipinski definition) is 1. The summed E-state index contributed by atoms with van der Waals surface area (Å²) in [5.41, 5.74) is 5.44. The van der Waals surface area contributed by atoms with Crippen LogP contribution in [0.25, 0.3) is 0 Å². The number of likely N-dealkylation sites (N-methyl/N-ethyl adjacent to an activating group) is 2. The second-order valence-corrected chi connectivity index (χ2v) is 3.38. The molecule has 0 radical (unpaired) electrons. The highest BCUT2D eigenvalue weighted by Gasteiger charge is 2.07. The van der Waals surface area contributed by atoms with Crippen molar-refractivity contribution in [2.45, 2.75) is 13.0 Å². The molecule has 1 unspecified atom stereocenters. The van der Waals surface area contributed by atoms with Crippen LogP contribution in [-0.2, 0) is 0 Å². The fraction of sp³-hybridized carbons (Fsp3) is 1.00. The van der Waals surface area contributed by atoms with Gasteiger partial charge in [0.1, 0.15) is 0 Å². The molecule has 0 aliphatic heterocycles. The molecule has 0 aliphatic carbocycles. The van der Waals surface area contributed by atoms with Crippen molar-refractivity contribution in [1.82, 2.24) is 9.80 Å². The van der Waals surface area contributed by atoms with Crippen molar-refractivity contribution in [2.75, 3.05) is 40.8 Å². The maximum Gasteiger partial charge on any atom is 0.0192 e. The van der Waals surface area contributed by atoms with E-state index in [1.807, 2.05) is 0 Å². The van der Waals surface area contributed by atoms with E-state index in [-0.39, 0.29) is 0 Å². The van der Waals surface area contributed by atoms with Crippen LogP contribution in [0.5, 0.6) is 0 Å². The van der Waals surface area contributed by atoms with Crippen LogP contribution in [0.15, 0.2) is 0 Å². The van der Waals surface area contributed by atoms with Crippen molar-refractivity contribution in [1.29, 1.82) is 0 Å².